The first-order valence-corrected chi connectivity index (χ1v) is 14.5. The second kappa shape index (κ2) is 11.4. The Kier molecular flexibility index (Phi) is 7.15. The molecular weight excluding hydrogens is 530 g/mol. The topological polar surface area (TPSA) is 101 Å². The summed E-state index contributed by atoms with van der Waals surface area (Å²) in [4.78, 5) is 21.5. The highest BCUT2D eigenvalue weighted by atomic mass is 16.7. The lowest BCUT2D eigenvalue weighted by molar-refractivity contribution is 0.0998. The Bertz CT molecular complexity index is 1760. The highest BCUT2D eigenvalue weighted by Crippen LogP contribution is 2.33. The molecule has 10 heteroatoms. The molecule has 2 aliphatic heterocycles. The van der Waals surface area contributed by atoms with E-state index in [0.29, 0.717) is 17.9 Å². The van der Waals surface area contributed by atoms with Gasteiger partial charge in [-0.25, -0.2) is 4.68 Å². The molecule has 214 valence electrons. The van der Waals surface area contributed by atoms with Crippen molar-refractivity contribution in [1.82, 2.24) is 35.0 Å². The van der Waals surface area contributed by atoms with Gasteiger partial charge in [-0.3, -0.25) is 14.6 Å². The van der Waals surface area contributed by atoms with Crippen LogP contribution in [0.25, 0.3) is 10.9 Å². The van der Waals surface area contributed by atoms with Gasteiger partial charge in [0.2, 0.25) is 6.79 Å². The Balaban J connectivity index is 1.20. The molecule has 5 aromatic rings. The zero-order valence-corrected chi connectivity index (χ0v) is 23.6. The van der Waals surface area contributed by atoms with Crippen molar-refractivity contribution in [1.29, 1.82) is 0 Å². The van der Waals surface area contributed by atoms with Gasteiger partial charge in [-0.2, -0.15) is 0 Å². The van der Waals surface area contributed by atoms with E-state index in [1.165, 1.54) is 11.1 Å². The number of hydrogen-bond acceptors (Lipinski definition) is 8. The van der Waals surface area contributed by atoms with E-state index in [2.05, 4.69) is 73.6 Å². The predicted octanol–water partition coefficient (Wildman–Crippen LogP) is 3.76. The molecule has 1 saturated heterocycles. The SMILES string of the molecule is CCc1ccc2[nH]c(=O)c([C@H](c3nnnn3Cc3ccccc3)N3CCN(Cc4ccc5c(c4)OCO5)CC3)cc2c1. The quantitative estimate of drug-likeness (QED) is 0.305. The molecule has 4 heterocycles. The van der Waals surface area contributed by atoms with Gasteiger partial charge in [0.05, 0.1) is 6.54 Å². The summed E-state index contributed by atoms with van der Waals surface area (Å²) in [5.74, 6) is 2.27. The average Bonchev–Trinajstić information content (AvgIpc) is 3.68. The van der Waals surface area contributed by atoms with Crippen molar-refractivity contribution >= 4 is 10.9 Å². The molecule has 3 aromatic carbocycles. The van der Waals surface area contributed by atoms with E-state index < -0.39 is 6.04 Å². The fourth-order valence-corrected chi connectivity index (χ4v) is 5.95. The Morgan fingerprint density at radius 3 is 2.50 bits per heavy atom. The number of H-pyrrole nitrogens is 1. The molecule has 0 aliphatic carbocycles. The molecule has 1 fully saturated rings. The maximum atomic E-state index is 13.6. The second-order valence-electron chi connectivity index (χ2n) is 10.9. The maximum absolute atomic E-state index is 13.6. The summed E-state index contributed by atoms with van der Waals surface area (Å²) in [5, 5.41) is 13.9. The summed E-state index contributed by atoms with van der Waals surface area (Å²) in [6, 6.07) is 24.1. The minimum Gasteiger partial charge on any atom is -0.454 e. The van der Waals surface area contributed by atoms with Crippen LogP contribution in [0.1, 0.15) is 41.0 Å². The van der Waals surface area contributed by atoms with Gasteiger partial charge in [-0.15, -0.1) is 5.10 Å². The third-order valence-electron chi connectivity index (χ3n) is 8.23. The van der Waals surface area contributed by atoms with Crippen molar-refractivity contribution in [2.75, 3.05) is 33.0 Å². The summed E-state index contributed by atoms with van der Waals surface area (Å²) < 4.78 is 12.9. The van der Waals surface area contributed by atoms with Crippen LogP contribution in [0.5, 0.6) is 11.5 Å². The number of piperazine rings is 1. The molecule has 0 radical (unpaired) electrons. The number of fused-ring (bicyclic) bond motifs is 2. The van der Waals surface area contributed by atoms with E-state index in [9.17, 15) is 4.79 Å². The number of nitrogens with one attached hydrogen (secondary N) is 1. The highest BCUT2D eigenvalue weighted by molar-refractivity contribution is 5.80. The first-order valence-electron chi connectivity index (χ1n) is 14.5. The average molecular weight is 564 g/mol. The minimum absolute atomic E-state index is 0.117. The van der Waals surface area contributed by atoms with Crippen LogP contribution < -0.4 is 15.0 Å². The van der Waals surface area contributed by atoms with Gasteiger partial charge in [0.15, 0.2) is 17.3 Å². The normalized spacial score (nSPS) is 16.2. The lowest BCUT2D eigenvalue weighted by atomic mass is 10.0. The number of pyridine rings is 1. The van der Waals surface area contributed by atoms with Gasteiger partial charge in [0, 0.05) is 43.8 Å². The Morgan fingerprint density at radius 1 is 0.857 bits per heavy atom. The second-order valence-corrected chi connectivity index (χ2v) is 10.9. The Labute approximate surface area is 243 Å². The minimum atomic E-state index is -0.394. The monoisotopic (exact) mass is 563 g/mol. The molecular formula is C32H33N7O3. The molecule has 1 N–H and O–H groups in total. The van der Waals surface area contributed by atoms with Crippen molar-refractivity contribution in [3.8, 4) is 11.5 Å². The standard InChI is InChI=1S/C32H33N7O3/c1-2-22-8-10-27-25(16-22)18-26(32(40)33-27)30(31-34-35-36-39(31)20-23-6-4-3-5-7-23)38-14-12-37(13-15-38)19-24-9-11-28-29(17-24)42-21-41-28/h3-11,16-18,30H,2,12-15,19-21H2,1H3,(H,33,40)/t30-/m1/s1. The zero-order chi connectivity index (χ0) is 28.5. The van der Waals surface area contributed by atoms with Crippen LogP contribution in [-0.2, 0) is 19.5 Å². The zero-order valence-electron chi connectivity index (χ0n) is 23.6. The summed E-state index contributed by atoms with van der Waals surface area (Å²) in [6.45, 7) is 6.97. The van der Waals surface area contributed by atoms with Crippen molar-refractivity contribution < 1.29 is 9.47 Å². The number of aryl methyl sites for hydroxylation is 1. The third kappa shape index (κ3) is 5.26. The van der Waals surface area contributed by atoms with Crippen molar-refractivity contribution in [2.24, 2.45) is 0 Å². The number of aromatic nitrogens is 5. The lowest BCUT2D eigenvalue weighted by Crippen LogP contribution is -2.48. The van der Waals surface area contributed by atoms with Gasteiger partial charge >= 0.3 is 0 Å². The maximum Gasteiger partial charge on any atom is 0.253 e. The Hall–Kier alpha value is -4.54. The summed E-state index contributed by atoms with van der Waals surface area (Å²) >= 11 is 0. The first-order chi connectivity index (χ1) is 20.6. The van der Waals surface area contributed by atoms with Crippen LogP contribution in [0.2, 0.25) is 0 Å². The van der Waals surface area contributed by atoms with Gasteiger partial charge in [0.25, 0.3) is 5.56 Å². The van der Waals surface area contributed by atoms with Gasteiger partial charge in [-0.1, -0.05) is 49.4 Å². The molecule has 2 aromatic heterocycles. The molecule has 7 rings (SSSR count). The van der Waals surface area contributed by atoms with Crippen molar-refractivity contribution in [3.05, 3.63) is 111 Å². The summed E-state index contributed by atoms with van der Waals surface area (Å²) in [5.41, 5.74) is 4.88. The van der Waals surface area contributed by atoms with Crippen LogP contribution >= 0.6 is 0 Å². The summed E-state index contributed by atoms with van der Waals surface area (Å²) in [7, 11) is 0. The predicted molar refractivity (Wildman–Crippen MR) is 159 cm³/mol. The van der Waals surface area contributed by atoms with E-state index in [1.54, 1.807) is 0 Å². The lowest BCUT2D eigenvalue weighted by Gasteiger charge is -2.38. The largest absolute Gasteiger partial charge is 0.454 e. The van der Waals surface area contributed by atoms with Crippen LogP contribution in [0.3, 0.4) is 0 Å². The van der Waals surface area contributed by atoms with Crippen LogP contribution in [-0.4, -0.2) is 68.0 Å². The Morgan fingerprint density at radius 2 is 1.67 bits per heavy atom. The molecule has 0 unspecified atom stereocenters. The van der Waals surface area contributed by atoms with Crippen molar-refractivity contribution in [3.63, 3.8) is 0 Å². The molecule has 0 spiro atoms. The number of benzene rings is 3. The molecule has 42 heavy (non-hydrogen) atoms. The number of rotatable bonds is 8. The summed E-state index contributed by atoms with van der Waals surface area (Å²) in [6.07, 6.45) is 0.925. The molecule has 0 bridgehead atoms. The van der Waals surface area contributed by atoms with Crippen LogP contribution in [0.4, 0.5) is 0 Å². The number of aromatic amines is 1. The third-order valence-corrected chi connectivity index (χ3v) is 8.23. The van der Waals surface area contributed by atoms with Gasteiger partial charge < -0.3 is 14.5 Å². The van der Waals surface area contributed by atoms with E-state index >= 15 is 0 Å². The smallest absolute Gasteiger partial charge is 0.253 e. The molecule has 0 saturated carbocycles. The first kappa shape index (κ1) is 26.4. The fraction of sp³-hybridized carbons (Fsp3) is 0.312. The van der Waals surface area contributed by atoms with E-state index in [1.807, 2.05) is 41.1 Å². The van der Waals surface area contributed by atoms with Crippen LogP contribution in [0.15, 0.2) is 77.6 Å². The van der Waals surface area contributed by atoms with E-state index in [-0.39, 0.29) is 12.4 Å². The molecule has 2 aliphatic rings. The van der Waals surface area contributed by atoms with Crippen LogP contribution in [0, 0.1) is 0 Å². The molecule has 0 amide bonds. The number of nitrogens with zero attached hydrogens (tertiary/aromatic N) is 6. The number of hydrogen-bond donors (Lipinski definition) is 1. The van der Waals surface area contributed by atoms with Crippen molar-refractivity contribution in [2.45, 2.75) is 32.5 Å². The van der Waals surface area contributed by atoms with E-state index in [4.69, 9.17) is 9.47 Å². The highest BCUT2D eigenvalue weighted by Gasteiger charge is 2.33. The molecule has 1 atom stereocenters. The van der Waals surface area contributed by atoms with Gasteiger partial charge in [-0.05, 0) is 69.3 Å². The van der Waals surface area contributed by atoms with Gasteiger partial charge in [0.1, 0.15) is 6.04 Å². The van der Waals surface area contributed by atoms with E-state index in [0.717, 1.165) is 67.1 Å². The number of tetrazole rings is 1. The fourth-order valence-electron chi connectivity index (χ4n) is 5.95. The number of ether oxygens (including phenoxy) is 2. The molecule has 10 nitrogen and oxygen atoms in total.